The summed E-state index contributed by atoms with van der Waals surface area (Å²) in [6, 6.07) is 0. The van der Waals surface area contributed by atoms with E-state index in [0.717, 1.165) is 19.4 Å². The first-order chi connectivity index (χ1) is 7.16. The molecule has 5 heteroatoms. The normalized spacial score (nSPS) is 18.3. The van der Waals surface area contributed by atoms with Gasteiger partial charge in [-0.05, 0) is 26.4 Å². The van der Waals surface area contributed by atoms with Crippen molar-refractivity contribution >= 4 is 11.8 Å². The first kappa shape index (κ1) is 12.0. The van der Waals surface area contributed by atoms with Gasteiger partial charge in [0, 0.05) is 26.7 Å². The minimum absolute atomic E-state index is 0.355. The van der Waals surface area contributed by atoms with Gasteiger partial charge in [0.25, 0.3) is 0 Å². The topological polar surface area (TPSA) is 52.6 Å². The van der Waals surface area contributed by atoms with Crippen molar-refractivity contribution in [1.82, 2.24) is 15.1 Å². The van der Waals surface area contributed by atoms with Gasteiger partial charge in [-0.1, -0.05) is 0 Å². The quantitative estimate of drug-likeness (QED) is 0.495. The van der Waals surface area contributed by atoms with Gasteiger partial charge in [0.2, 0.25) is 0 Å². The molecule has 1 rings (SSSR count). The molecule has 1 heterocycles. The van der Waals surface area contributed by atoms with Crippen molar-refractivity contribution in [3.05, 3.63) is 0 Å². The molecule has 1 saturated heterocycles. The van der Waals surface area contributed by atoms with Crippen LogP contribution in [0.2, 0.25) is 0 Å². The molecule has 1 N–H and O–H groups in total. The van der Waals surface area contributed by atoms with Gasteiger partial charge in [-0.15, -0.1) is 0 Å². The van der Waals surface area contributed by atoms with E-state index in [1.807, 2.05) is 7.05 Å². The summed E-state index contributed by atoms with van der Waals surface area (Å²) in [5.74, 6) is -0.733. The van der Waals surface area contributed by atoms with E-state index in [9.17, 15) is 9.59 Å². The number of amides is 2. The average molecular weight is 213 g/mol. The van der Waals surface area contributed by atoms with E-state index >= 15 is 0 Å². The third-order valence-electron chi connectivity index (χ3n) is 2.59. The lowest BCUT2D eigenvalue weighted by Crippen LogP contribution is -2.41. The van der Waals surface area contributed by atoms with Crippen molar-refractivity contribution in [3.63, 3.8) is 0 Å². The molecule has 0 aromatic heterocycles. The summed E-state index contributed by atoms with van der Waals surface area (Å²) < 4.78 is 0. The standard InChI is InChI=1S/C10H19N3O2/c1-11-5-3-7-13-8-4-6-12(2)9(14)10(13)15/h11H,3-8H2,1-2H3. The maximum Gasteiger partial charge on any atom is 0.312 e. The number of nitrogens with zero attached hydrogens (tertiary/aromatic N) is 2. The van der Waals surface area contributed by atoms with E-state index in [4.69, 9.17) is 0 Å². The fourth-order valence-corrected chi connectivity index (χ4v) is 1.66. The zero-order valence-electron chi connectivity index (χ0n) is 9.45. The largest absolute Gasteiger partial charge is 0.337 e. The van der Waals surface area contributed by atoms with E-state index in [0.29, 0.717) is 19.6 Å². The van der Waals surface area contributed by atoms with Crippen LogP contribution >= 0.6 is 0 Å². The monoisotopic (exact) mass is 213 g/mol. The highest BCUT2D eigenvalue weighted by atomic mass is 16.2. The lowest BCUT2D eigenvalue weighted by atomic mass is 10.3. The van der Waals surface area contributed by atoms with Crippen LogP contribution in [-0.2, 0) is 9.59 Å². The summed E-state index contributed by atoms with van der Waals surface area (Å²) in [6.45, 7) is 2.90. The predicted octanol–water partition coefficient (Wildman–Crippen LogP) is -0.713. The highest BCUT2D eigenvalue weighted by Gasteiger charge is 2.27. The van der Waals surface area contributed by atoms with Crippen LogP contribution < -0.4 is 5.32 Å². The Morgan fingerprint density at radius 3 is 2.67 bits per heavy atom. The van der Waals surface area contributed by atoms with Gasteiger partial charge in [-0.2, -0.15) is 0 Å². The molecule has 2 amide bonds. The van der Waals surface area contributed by atoms with Crippen LogP contribution in [0.3, 0.4) is 0 Å². The maximum absolute atomic E-state index is 11.7. The van der Waals surface area contributed by atoms with Crippen molar-refractivity contribution in [2.75, 3.05) is 40.3 Å². The first-order valence-corrected chi connectivity index (χ1v) is 5.35. The Kier molecular flexibility index (Phi) is 4.55. The molecule has 15 heavy (non-hydrogen) atoms. The molecule has 5 nitrogen and oxygen atoms in total. The predicted molar refractivity (Wildman–Crippen MR) is 57.4 cm³/mol. The molecule has 0 bridgehead atoms. The Bertz CT molecular complexity index is 243. The third-order valence-corrected chi connectivity index (χ3v) is 2.59. The lowest BCUT2D eigenvalue weighted by Gasteiger charge is -2.19. The van der Waals surface area contributed by atoms with Crippen molar-refractivity contribution in [1.29, 1.82) is 0 Å². The van der Waals surface area contributed by atoms with Gasteiger partial charge in [0.05, 0.1) is 0 Å². The van der Waals surface area contributed by atoms with E-state index in [2.05, 4.69) is 5.32 Å². The second-order valence-corrected chi connectivity index (χ2v) is 3.83. The highest BCUT2D eigenvalue weighted by Crippen LogP contribution is 2.04. The Hall–Kier alpha value is -1.10. The third kappa shape index (κ3) is 3.20. The van der Waals surface area contributed by atoms with Crippen LogP contribution in [0.4, 0.5) is 0 Å². The zero-order chi connectivity index (χ0) is 11.3. The number of likely N-dealkylation sites (N-methyl/N-ethyl adjacent to an activating group) is 1. The molecule has 0 aromatic carbocycles. The number of nitrogens with one attached hydrogen (secondary N) is 1. The zero-order valence-corrected chi connectivity index (χ0v) is 9.45. The van der Waals surface area contributed by atoms with Gasteiger partial charge < -0.3 is 15.1 Å². The summed E-state index contributed by atoms with van der Waals surface area (Å²) in [7, 11) is 3.56. The molecule has 0 spiro atoms. The highest BCUT2D eigenvalue weighted by molar-refractivity contribution is 6.34. The average Bonchev–Trinajstić information content (AvgIpc) is 2.34. The molecule has 1 aliphatic rings. The van der Waals surface area contributed by atoms with Crippen molar-refractivity contribution < 1.29 is 9.59 Å². The summed E-state index contributed by atoms with van der Waals surface area (Å²) in [5, 5.41) is 3.02. The first-order valence-electron chi connectivity index (χ1n) is 5.35. The molecule has 0 aromatic rings. The van der Waals surface area contributed by atoms with Crippen LogP contribution in [-0.4, -0.2) is 61.9 Å². The smallest absolute Gasteiger partial charge is 0.312 e. The van der Waals surface area contributed by atoms with E-state index in [1.54, 1.807) is 11.9 Å². The molecule has 0 unspecified atom stereocenters. The lowest BCUT2D eigenvalue weighted by molar-refractivity contribution is -0.149. The number of carbonyl (C=O) groups excluding carboxylic acids is 2. The second-order valence-electron chi connectivity index (χ2n) is 3.83. The van der Waals surface area contributed by atoms with Crippen LogP contribution in [0, 0.1) is 0 Å². The SMILES string of the molecule is CNCCCN1CCCN(C)C(=O)C1=O. The second kappa shape index (κ2) is 5.70. The summed E-state index contributed by atoms with van der Waals surface area (Å²) in [4.78, 5) is 26.3. The Morgan fingerprint density at radius 1 is 1.27 bits per heavy atom. The minimum Gasteiger partial charge on any atom is -0.337 e. The number of carbonyl (C=O) groups is 2. The Labute approximate surface area is 90.4 Å². The number of rotatable bonds is 4. The van der Waals surface area contributed by atoms with Gasteiger partial charge in [-0.3, -0.25) is 9.59 Å². The Morgan fingerprint density at radius 2 is 2.00 bits per heavy atom. The van der Waals surface area contributed by atoms with E-state index in [-0.39, 0.29) is 11.8 Å². The summed E-state index contributed by atoms with van der Waals surface area (Å²) in [5.41, 5.74) is 0. The maximum atomic E-state index is 11.7. The molecule has 86 valence electrons. The van der Waals surface area contributed by atoms with Gasteiger partial charge in [0.15, 0.2) is 0 Å². The molecule has 1 aliphatic heterocycles. The van der Waals surface area contributed by atoms with E-state index in [1.165, 1.54) is 4.90 Å². The van der Waals surface area contributed by atoms with Crippen molar-refractivity contribution in [2.45, 2.75) is 12.8 Å². The van der Waals surface area contributed by atoms with Crippen LogP contribution in [0.15, 0.2) is 0 Å². The molecular formula is C10H19N3O2. The number of hydrogen-bond acceptors (Lipinski definition) is 3. The minimum atomic E-state index is -0.378. The molecule has 0 aliphatic carbocycles. The van der Waals surface area contributed by atoms with Crippen LogP contribution in [0.1, 0.15) is 12.8 Å². The fraction of sp³-hybridized carbons (Fsp3) is 0.800. The summed E-state index contributed by atoms with van der Waals surface area (Å²) in [6.07, 6.45) is 1.76. The fourth-order valence-electron chi connectivity index (χ4n) is 1.66. The van der Waals surface area contributed by atoms with E-state index < -0.39 is 0 Å². The molecule has 0 radical (unpaired) electrons. The molecular weight excluding hydrogens is 194 g/mol. The molecule has 0 atom stereocenters. The van der Waals surface area contributed by atoms with Gasteiger partial charge in [-0.25, -0.2) is 0 Å². The molecule has 1 fully saturated rings. The van der Waals surface area contributed by atoms with Crippen LogP contribution in [0.25, 0.3) is 0 Å². The van der Waals surface area contributed by atoms with Crippen molar-refractivity contribution in [2.24, 2.45) is 0 Å². The van der Waals surface area contributed by atoms with Crippen LogP contribution in [0.5, 0.6) is 0 Å². The number of hydrogen-bond donors (Lipinski definition) is 1. The molecule has 0 saturated carbocycles. The van der Waals surface area contributed by atoms with Gasteiger partial charge in [0.1, 0.15) is 0 Å². The van der Waals surface area contributed by atoms with Crippen molar-refractivity contribution in [3.8, 4) is 0 Å². The van der Waals surface area contributed by atoms with Gasteiger partial charge >= 0.3 is 11.8 Å². The summed E-state index contributed by atoms with van der Waals surface area (Å²) >= 11 is 0. The Balaban J connectivity index is 2.49.